The number of carbonyl (C=O) groups is 1. The number of aliphatic hydroxyl groups excluding tert-OH is 1. The van der Waals surface area contributed by atoms with Crippen LogP contribution in [0.15, 0.2) is 0 Å². The first-order chi connectivity index (χ1) is 8.19. The molecular weight excluding hydrogens is 238 g/mol. The van der Waals surface area contributed by atoms with Gasteiger partial charge in [0.1, 0.15) is 5.75 Å². The number of aliphatic hydroxyl groups is 1. The van der Waals surface area contributed by atoms with Crippen molar-refractivity contribution < 1.29 is 14.1 Å². The third kappa shape index (κ3) is 4.76. The fourth-order valence-electron chi connectivity index (χ4n) is 2.43. The molecule has 100 valence electrons. The first kappa shape index (κ1) is 14.6. The molecule has 0 aromatic heterocycles. The van der Waals surface area contributed by atoms with Crippen LogP contribution in [0, 0.1) is 0 Å². The lowest BCUT2D eigenvalue weighted by Crippen LogP contribution is -2.43. The Kier molecular flexibility index (Phi) is 6.73. The van der Waals surface area contributed by atoms with Crippen LogP contribution in [0.25, 0.3) is 0 Å². The molecule has 1 N–H and O–H groups in total. The third-order valence-corrected chi connectivity index (χ3v) is 4.49. The molecule has 0 saturated heterocycles. The van der Waals surface area contributed by atoms with Crippen LogP contribution in [0.5, 0.6) is 0 Å². The smallest absolute Gasteiger partial charge is 0.235 e. The van der Waals surface area contributed by atoms with Gasteiger partial charge in [0.15, 0.2) is 0 Å². The summed E-state index contributed by atoms with van der Waals surface area (Å²) in [5, 5.41) is 8.68. The lowest BCUT2D eigenvalue weighted by Gasteiger charge is -2.33. The average molecular weight is 261 g/mol. The van der Waals surface area contributed by atoms with Crippen LogP contribution in [-0.2, 0) is 15.6 Å². The van der Waals surface area contributed by atoms with Gasteiger partial charge in [0.2, 0.25) is 5.91 Å². The van der Waals surface area contributed by atoms with Crippen LogP contribution in [0.3, 0.4) is 0 Å². The quantitative estimate of drug-likeness (QED) is 0.773. The first-order valence-corrected chi connectivity index (χ1v) is 7.93. The van der Waals surface area contributed by atoms with Crippen LogP contribution in [0.4, 0.5) is 0 Å². The summed E-state index contributed by atoms with van der Waals surface area (Å²) in [4.78, 5) is 13.9. The van der Waals surface area contributed by atoms with E-state index in [2.05, 4.69) is 0 Å². The summed E-state index contributed by atoms with van der Waals surface area (Å²) in [7, 11) is -1.22. The van der Waals surface area contributed by atoms with E-state index in [0.717, 1.165) is 12.8 Å². The molecule has 1 saturated carbocycles. The highest BCUT2D eigenvalue weighted by Gasteiger charge is 2.24. The van der Waals surface area contributed by atoms with Gasteiger partial charge in [-0.3, -0.25) is 9.00 Å². The first-order valence-electron chi connectivity index (χ1n) is 6.44. The van der Waals surface area contributed by atoms with Gasteiger partial charge in [0, 0.05) is 29.1 Å². The van der Waals surface area contributed by atoms with E-state index >= 15 is 0 Å². The van der Waals surface area contributed by atoms with Gasteiger partial charge < -0.3 is 10.0 Å². The van der Waals surface area contributed by atoms with Crippen molar-refractivity contribution in [2.45, 2.75) is 45.1 Å². The Bertz CT molecular complexity index is 264. The van der Waals surface area contributed by atoms with Gasteiger partial charge in [-0.25, -0.2) is 0 Å². The Hall–Kier alpha value is -0.420. The Labute approximate surface area is 106 Å². The second-order valence-corrected chi connectivity index (χ2v) is 6.06. The fourth-order valence-corrected chi connectivity index (χ4v) is 3.21. The molecule has 5 heteroatoms. The minimum atomic E-state index is -1.22. The largest absolute Gasteiger partial charge is 0.395 e. The molecule has 0 radical (unpaired) electrons. The van der Waals surface area contributed by atoms with Gasteiger partial charge >= 0.3 is 0 Å². The van der Waals surface area contributed by atoms with Gasteiger partial charge in [-0.1, -0.05) is 19.3 Å². The van der Waals surface area contributed by atoms with Crippen molar-refractivity contribution in [3.8, 4) is 0 Å². The van der Waals surface area contributed by atoms with E-state index in [1.807, 2.05) is 11.8 Å². The van der Waals surface area contributed by atoms with Crippen LogP contribution in [0.1, 0.15) is 39.0 Å². The average Bonchev–Trinajstić information content (AvgIpc) is 2.31. The highest BCUT2D eigenvalue weighted by atomic mass is 32.2. The Morgan fingerprint density at radius 3 is 2.53 bits per heavy atom. The second-order valence-electron chi connectivity index (χ2n) is 4.48. The predicted octanol–water partition coefficient (Wildman–Crippen LogP) is 0.909. The maximum atomic E-state index is 12.0. The minimum Gasteiger partial charge on any atom is -0.395 e. The van der Waals surface area contributed by atoms with Crippen molar-refractivity contribution in [1.82, 2.24) is 4.90 Å². The summed E-state index contributed by atoms with van der Waals surface area (Å²) in [5.41, 5.74) is 0. The van der Waals surface area contributed by atoms with E-state index in [9.17, 15) is 9.00 Å². The molecule has 1 fully saturated rings. The molecule has 4 nitrogen and oxygen atoms in total. The van der Waals surface area contributed by atoms with Crippen molar-refractivity contribution in [2.24, 2.45) is 0 Å². The monoisotopic (exact) mass is 261 g/mol. The van der Waals surface area contributed by atoms with Gasteiger partial charge in [-0.15, -0.1) is 0 Å². The van der Waals surface area contributed by atoms with E-state index in [1.54, 1.807) is 0 Å². The van der Waals surface area contributed by atoms with E-state index in [1.165, 1.54) is 19.3 Å². The molecule has 0 bridgehead atoms. The van der Waals surface area contributed by atoms with Gasteiger partial charge in [0.05, 0.1) is 6.61 Å². The standard InChI is InChI=1S/C12H23NO3S/c1-2-13(11-6-4-3-5-7-11)12(15)10-17(16)9-8-14/h11,14H,2-10H2,1H3. The predicted molar refractivity (Wildman–Crippen MR) is 69.2 cm³/mol. The van der Waals surface area contributed by atoms with E-state index in [-0.39, 0.29) is 24.0 Å². The van der Waals surface area contributed by atoms with E-state index < -0.39 is 10.8 Å². The molecule has 1 atom stereocenters. The molecule has 0 spiro atoms. The van der Waals surface area contributed by atoms with Crippen molar-refractivity contribution >= 4 is 16.7 Å². The molecule has 1 aliphatic rings. The molecule has 0 aliphatic heterocycles. The van der Waals surface area contributed by atoms with Crippen molar-refractivity contribution in [3.05, 3.63) is 0 Å². The Morgan fingerprint density at radius 2 is 2.00 bits per heavy atom. The SMILES string of the molecule is CCN(C(=O)CS(=O)CCO)C1CCCCC1. The zero-order valence-electron chi connectivity index (χ0n) is 10.6. The van der Waals surface area contributed by atoms with E-state index in [4.69, 9.17) is 5.11 Å². The molecule has 0 aromatic rings. The van der Waals surface area contributed by atoms with Crippen molar-refractivity contribution in [3.63, 3.8) is 0 Å². The summed E-state index contributed by atoms with van der Waals surface area (Å²) >= 11 is 0. The normalized spacial score (nSPS) is 18.9. The number of amides is 1. The van der Waals surface area contributed by atoms with Crippen LogP contribution in [-0.4, -0.2) is 50.8 Å². The lowest BCUT2D eigenvalue weighted by molar-refractivity contribution is -0.131. The summed E-state index contributed by atoms with van der Waals surface area (Å²) in [6, 6.07) is 0.340. The number of nitrogens with zero attached hydrogens (tertiary/aromatic N) is 1. The topological polar surface area (TPSA) is 57.6 Å². The molecule has 1 rings (SSSR count). The summed E-state index contributed by atoms with van der Waals surface area (Å²) in [6.07, 6.45) is 5.79. The Morgan fingerprint density at radius 1 is 1.35 bits per heavy atom. The van der Waals surface area contributed by atoms with Crippen molar-refractivity contribution in [1.29, 1.82) is 0 Å². The van der Waals surface area contributed by atoms with Crippen LogP contribution in [0.2, 0.25) is 0 Å². The third-order valence-electron chi connectivity index (χ3n) is 3.28. The maximum Gasteiger partial charge on any atom is 0.235 e. The number of hydrogen-bond acceptors (Lipinski definition) is 3. The molecule has 1 amide bonds. The summed E-state index contributed by atoms with van der Waals surface area (Å²) < 4.78 is 11.5. The van der Waals surface area contributed by atoms with Crippen LogP contribution < -0.4 is 0 Å². The highest BCUT2D eigenvalue weighted by molar-refractivity contribution is 7.85. The number of rotatable bonds is 6. The van der Waals surface area contributed by atoms with Crippen LogP contribution >= 0.6 is 0 Å². The molecular formula is C12H23NO3S. The molecule has 1 unspecified atom stereocenters. The summed E-state index contributed by atoms with van der Waals surface area (Å²) in [6.45, 7) is 2.55. The number of hydrogen-bond donors (Lipinski definition) is 1. The molecule has 0 aromatic carbocycles. The molecule has 0 heterocycles. The Balaban J connectivity index is 2.47. The number of carbonyl (C=O) groups excluding carboxylic acids is 1. The summed E-state index contributed by atoms with van der Waals surface area (Å²) in [5.74, 6) is 0.241. The highest BCUT2D eigenvalue weighted by Crippen LogP contribution is 2.22. The van der Waals surface area contributed by atoms with Gasteiger partial charge in [0.25, 0.3) is 0 Å². The van der Waals surface area contributed by atoms with Gasteiger partial charge in [-0.2, -0.15) is 0 Å². The maximum absolute atomic E-state index is 12.0. The zero-order valence-corrected chi connectivity index (χ0v) is 11.4. The van der Waals surface area contributed by atoms with Gasteiger partial charge in [-0.05, 0) is 19.8 Å². The van der Waals surface area contributed by atoms with E-state index in [0.29, 0.717) is 12.6 Å². The van der Waals surface area contributed by atoms with Crippen molar-refractivity contribution in [2.75, 3.05) is 24.7 Å². The minimum absolute atomic E-state index is 0.0221. The molecule has 1 aliphatic carbocycles. The lowest BCUT2D eigenvalue weighted by atomic mass is 9.94. The second kappa shape index (κ2) is 7.82. The zero-order chi connectivity index (χ0) is 12.7. The molecule has 17 heavy (non-hydrogen) atoms. The fraction of sp³-hybridized carbons (Fsp3) is 0.917.